The van der Waals surface area contributed by atoms with Crippen LogP contribution in [0.4, 0.5) is 5.69 Å². The largest absolute Gasteiger partial charge is 0.397 e. The van der Waals surface area contributed by atoms with Crippen molar-refractivity contribution >= 4 is 11.8 Å². The van der Waals surface area contributed by atoms with Gasteiger partial charge in [0.1, 0.15) is 0 Å². The molecule has 1 rings (SSSR count). The zero-order valence-corrected chi connectivity index (χ0v) is 6.07. The lowest BCUT2D eigenvalue weighted by molar-refractivity contribution is 0.343. The normalized spacial score (nSPS) is 10.6. The highest BCUT2D eigenvalue weighted by atomic mass is 16.2. The smallest absolute Gasteiger partial charge is 0.0856 e. The zero-order valence-electron chi connectivity index (χ0n) is 6.07. The predicted molar refractivity (Wildman–Crippen MR) is 44.8 cm³/mol. The van der Waals surface area contributed by atoms with E-state index in [1.165, 1.54) is 0 Å². The number of aliphatic hydroxyl groups is 1. The summed E-state index contributed by atoms with van der Waals surface area (Å²) in [7, 11) is 0. The Hall–Kier alpha value is -1.35. The Morgan fingerprint density at radius 2 is 2.45 bits per heavy atom. The highest BCUT2D eigenvalue weighted by molar-refractivity contribution is 5.59. The summed E-state index contributed by atoms with van der Waals surface area (Å²) in [5.74, 6) is 0. The first-order valence-electron chi connectivity index (χ1n) is 3.32. The summed E-state index contributed by atoms with van der Waals surface area (Å²) in [6.45, 7) is 0.00993. The van der Waals surface area contributed by atoms with E-state index in [1.807, 2.05) is 0 Å². The molecule has 0 amide bonds. The molecular formula is C8H10N2O. The third-order valence-corrected chi connectivity index (χ3v) is 1.25. The van der Waals surface area contributed by atoms with E-state index < -0.39 is 0 Å². The van der Waals surface area contributed by atoms with Crippen molar-refractivity contribution in [3.05, 3.63) is 30.1 Å². The van der Waals surface area contributed by atoms with Crippen molar-refractivity contribution in [2.45, 2.75) is 0 Å². The van der Waals surface area contributed by atoms with Crippen LogP contribution in [0.2, 0.25) is 0 Å². The van der Waals surface area contributed by atoms with E-state index in [0.717, 1.165) is 0 Å². The number of hydrogen-bond donors (Lipinski definition) is 2. The monoisotopic (exact) mass is 150 g/mol. The number of rotatable bonds is 2. The first-order valence-corrected chi connectivity index (χ1v) is 3.32. The molecule has 3 N–H and O–H groups in total. The molecule has 58 valence electrons. The van der Waals surface area contributed by atoms with Crippen molar-refractivity contribution in [1.82, 2.24) is 4.98 Å². The number of nitrogens with zero attached hydrogens (tertiary/aromatic N) is 1. The summed E-state index contributed by atoms with van der Waals surface area (Å²) in [6, 6.07) is 3.54. The first-order chi connectivity index (χ1) is 5.34. The zero-order chi connectivity index (χ0) is 8.10. The second-order valence-electron chi connectivity index (χ2n) is 2.06. The third kappa shape index (κ3) is 2.05. The fraction of sp³-hybridized carbons (Fsp3) is 0.125. The average Bonchev–Trinajstić information content (AvgIpc) is 2.03. The maximum absolute atomic E-state index is 8.46. The summed E-state index contributed by atoms with van der Waals surface area (Å²) in [5.41, 5.74) is 6.88. The minimum Gasteiger partial charge on any atom is -0.397 e. The number of aliphatic hydroxyl groups excluding tert-OH is 1. The number of pyridine rings is 1. The molecule has 1 heterocycles. The molecule has 11 heavy (non-hydrogen) atoms. The van der Waals surface area contributed by atoms with E-state index in [9.17, 15) is 0 Å². The van der Waals surface area contributed by atoms with Gasteiger partial charge in [0.15, 0.2) is 0 Å². The van der Waals surface area contributed by atoms with E-state index >= 15 is 0 Å². The number of hydrogen-bond acceptors (Lipinski definition) is 3. The lowest BCUT2D eigenvalue weighted by Gasteiger charge is -1.95. The van der Waals surface area contributed by atoms with Crippen LogP contribution in [0.3, 0.4) is 0 Å². The van der Waals surface area contributed by atoms with Crippen LogP contribution >= 0.6 is 0 Å². The Morgan fingerprint density at radius 1 is 1.64 bits per heavy atom. The molecular weight excluding hydrogens is 140 g/mol. The van der Waals surface area contributed by atoms with Gasteiger partial charge in [-0.15, -0.1) is 0 Å². The van der Waals surface area contributed by atoms with Gasteiger partial charge in [0, 0.05) is 6.20 Å². The van der Waals surface area contributed by atoms with E-state index in [0.29, 0.717) is 11.4 Å². The number of aromatic nitrogens is 1. The van der Waals surface area contributed by atoms with Crippen LogP contribution in [0, 0.1) is 0 Å². The summed E-state index contributed by atoms with van der Waals surface area (Å²) < 4.78 is 0. The van der Waals surface area contributed by atoms with Gasteiger partial charge in [0.05, 0.1) is 18.0 Å². The number of anilines is 1. The average molecular weight is 150 g/mol. The van der Waals surface area contributed by atoms with Crippen LogP contribution in [0.15, 0.2) is 24.4 Å². The summed E-state index contributed by atoms with van der Waals surface area (Å²) in [6.07, 6.45) is 4.95. The molecule has 0 aliphatic rings. The lowest BCUT2D eigenvalue weighted by atomic mass is 10.3. The summed E-state index contributed by atoms with van der Waals surface area (Å²) in [4.78, 5) is 3.99. The second-order valence-corrected chi connectivity index (χ2v) is 2.06. The van der Waals surface area contributed by atoms with E-state index in [1.54, 1.807) is 30.5 Å². The Kier molecular flexibility index (Phi) is 2.63. The molecule has 1 aromatic heterocycles. The van der Waals surface area contributed by atoms with Gasteiger partial charge in [-0.05, 0) is 18.2 Å². The lowest BCUT2D eigenvalue weighted by Crippen LogP contribution is -1.91. The molecule has 0 aliphatic heterocycles. The predicted octanol–water partition coefficient (Wildman–Crippen LogP) is 0.669. The van der Waals surface area contributed by atoms with Crippen LogP contribution in [0.1, 0.15) is 5.69 Å². The number of nitrogens with two attached hydrogens (primary N) is 1. The second kappa shape index (κ2) is 3.73. The molecule has 0 fully saturated rings. The van der Waals surface area contributed by atoms with Gasteiger partial charge in [-0.1, -0.05) is 6.08 Å². The Bertz CT molecular complexity index is 258. The van der Waals surface area contributed by atoms with Crippen molar-refractivity contribution < 1.29 is 5.11 Å². The van der Waals surface area contributed by atoms with Crippen molar-refractivity contribution in [2.75, 3.05) is 12.3 Å². The minimum absolute atomic E-state index is 0.00993. The minimum atomic E-state index is 0.00993. The van der Waals surface area contributed by atoms with Crippen molar-refractivity contribution in [3.8, 4) is 0 Å². The Labute approximate surface area is 65.2 Å². The van der Waals surface area contributed by atoms with Crippen LogP contribution in [-0.4, -0.2) is 16.7 Å². The van der Waals surface area contributed by atoms with Gasteiger partial charge in [0.2, 0.25) is 0 Å². The molecule has 0 bridgehead atoms. The SMILES string of the molecule is Nc1cccnc1C=CCO. The van der Waals surface area contributed by atoms with Gasteiger partial charge in [-0.3, -0.25) is 4.98 Å². The van der Waals surface area contributed by atoms with Crippen molar-refractivity contribution in [1.29, 1.82) is 0 Å². The molecule has 0 spiro atoms. The van der Waals surface area contributed by atoms with Gasteiger partial charge in [0.25, 0.3) is 0 Å². The first kappa shape index (κ1) is 7.75. The summed E-state index contributed by atoms with van der Waals surface area (Å²) >= 11 is 0. The summed E-state index contributed by atoms with van der Waals surface area (Å²) in [5, 5.41) is 8.46. The van der Waals surface area contributed by atoms with Crippen LogP contribution in [-0.2, 0) is 0 Å². The molecule has 0 unspecified atom stereocenters. The van der Waals surface area contributed by atoms with Gasteiger partial charge >= 0.3 is 0 Å². The Morgan fingerprint density at radius 3 is 3.09 bits per heavy atom. The quantitative estimate of drug-likeness (QED) is 0.651. The van der Waals surface area contributed by atoms with Crippen molar-refractivity contribution in [3.63, 3.8) is 0 Å². The maximum Gasteiger partial charge on any atom is 0.0856 e. The van der Waals surface area contributed by atoms with Crippen LogP contribution < -0.4 is 5.73 Å². The van der Waals surface area contributed by atoms with E-state index in [2.05, 4.69) is 4.98 Å². The molecule has 1 aromatic rings. The van der Waals surface area contributed by atoms with Crippen LogP contribution in [0.5, 0.6) is 0 Å². The standard InChI is InChI=1S/C8H10N2O/c9-7-3-1-5-10-8(7)4-2-6-11/h1-5,11H,6,9H2. The van der Waals surface area contributed by atoms with Gasteiger partial charge in [-0.25, -0.2) is 0 Å². The molecule has 3 nitrogen and oxygen atoms in total. The molecule has 0 radical (unpaired) electrons. The molecule has 0 atom stereocenters. The van der Waals surface area contributed by atoms with E-state index in [-0.39, 0.29) is 6.61 Å². The van der Waals surface area contributed by atoms with Crippen LogP contribution in [0.25, 0.3) is 6.08 Å². The van der Waals surface area contributed by atoms with Gasteiger partial charge in [-0.2, -0.15) is 0 Å². The maximum atomic E-state index is 8.46. The number of nitrogen functional groups attached to an aromatic ring is 1. The highest BCUT2D eigenvalue weighted by Gasteiger charge is 1.91. The van der Waals surface area contributed by atoms with Gasteiger partial charge < -0.3 is 10.8 Å². The molecule has 3 heteroatoms. The fourth-order valence-corrected chi connectivity index (χ4v) is 0.734. The fourth-order valence-electron chi connectivity index (χ4n) is 0.734. The molecule has 0 saturated heterocycles. The van der Waals surface area contributed by atoms with E-state index in [4.69, 9.17) is 10.8 Å². The molecule has 0 aromatic carbocycles. The Balaban J connectivity index is 2.86. The topological polar surface area (TPSA) is 59.1 Å². The highest BCUT2D eigenvalue weighted by Crippen LogP contribution is 2.07. The van der Waals surface area contributed by atoms with Crippen molar-refractivity contribution in [2.24, 2.45) is 0 Å². The third-order valence-electron chi connectivity index (χ3n) is 1.25. The molecule has 0 aliphatic carbocycles. The molecule has 0 saturated carbocycles.